The molecule has 1 aliphatic carbocycles. The molecule has 0 saturated heterocycles. The van der Waals surface area contributed by atoms with E-state index in [9.17, 15) is 4.79 Å². The van der Waals surface area contributed by atoms with Crippen molar-refractivity contribution in [3.05, 3.63) is 53.9 Å². The van der Waals surface area contributed by atoms with E-state index < -0.39 is 0 Å². The molecule has 0 aliphatic heterocycles. The molecule has 21 heavy (non-hydrogen) atoms. The van der Waals surface area contributed by atoms with Crippen molar-refractivity contribution in [1.82, 2.24) is 4.98 Å². The molecule has 2 N–H and O–H groups in total. The molecule has 1 aliphatic rings. The maximum Gasteiger partial charge on any atom is 0.227 e. The van der Waals surface area contributed by atoms with Crippen LogP contribution in [-0.2, 0) is 11.3 Å². The van der Waals surface area contributed by atoms with Crippen molar-refractivity contribution in [3.63, 3.8) is 0 Å². The van der Waals surface area contributed by atoms with Crippen molar-refractivity contribution in [2.45, 2.75) is 26.3 Å². The maximum absolute atomic E-state index is 11.7. The topological polar surface area (TPSA) is 54.0 Å². The first-order valence-corrected chi connectivity index (χ1v) is 7.26. The zero-order valence-corrected chi connectivity index (χ0v) is 12.1. The summed E-state index contributed by atoms with van der Waals surface area (Å²) in [5.74, 6) is 0.373. The number of nitrogens with one attached hydrogen (secondary N) is 2. The lowest BCUT2D eigenvalue weighted by Gasteiger charge is -2.10. The summed E-state index contributed by atoms with van der Waals surface area (Å²) >= 11 is 0. The van der Waals surface area contributed by atoms with Crippen molar-refractivity contribution in [2.75, 3.05) is 10.6 Å². The van der Waals surface area contributed by atoms with Crippen LogP contribution < -0.4 is 10.6 Å². The molecule has 4 heteroatoms. The predicted molar refractivity (Wildman–Crippen MR) is 84.1 cm³/mol. The highest BCUT2D eigenvalue weighted by molar-refractivity contribution is 5.94. The first-order chi connectivity index (χ1) is 10.2. The van der Waals surface area contributed by atoms with Gasteiger partial charge in [0.05, 0.1) is 0 Å². The highest BCUT2D eigenvalue weighted by atomic mass is 16.2. The molecule has 108 valence electrons. The van der Waals surface area contributed by atoms with Gasteiger partial charge in [-0.3, -0.25) is 9.78 Å². The molecule has 0 bridgehead atoms. The molecule has 1 saturated carbocycles. The lowest BCUT2D eigenvalue weighted by molar-refractivity contribution is -0.117. The van der Waals surface area contributed by atoms with Crippen LogP contribution in [0.15, 0.2) is 42.7 Å². The van der Waals surface area contributed by atoms with Crippen molar-refractivity contribution in [3.8, 4) is 0 Å². The fourth-order valence-corrected chi connectivity index (χ4v) is 2.14. The Bertz CT molecular complexity index is 633. The standard InChI is InChI=1S/C17H19N3O/c1-12-8-9-18-10-14(12)11-19-15-4-6-16(7-5-15)20-17(21)13-2-3-13/h4-10,13,19H,2-3,11H2,1H3,(H,20,21). The highest BCUT2D eigenvalue weighted by Gasteiger charge is 2.29. The van der Waals surface area contributed by atoms with Crippen LogP contribution in [0.3, 0.4) is 0 Å². The normalized spacial score (nSPS) is 13.8. The molecular weight excluding hydrogens is 262 g/mol. The van der Waals surface area contributed by atoms with Gasteiger partial charge in [0.15, 0.2) is 0 Å². The Labute approximate surface area is 124 Å². The number of anilines is 2. The van der Waals surface area contributed by atoms with E-state index >= 15 is 0 Å². The lowest BCUT2D eigenvalue weighted by Crippen LogP contribution is -2.13. The minimum atomic E-state index is 0.140. The summed E-state index contributed by atoms with van der Waals surface area (Å²) < 4.78 is 0. The average molecular weight is 281 g/mol. The molecular formula is C17H19N3O. The summed E-state index contributed by atoms with van der Waals surface area (Å²) in [6, 6.07) is 9.83. The summed E-state index contributed by atoms with van der Waals surface area (Å²) in [4.78, 5) is 15.8. The third-order valence-corrected chi connectivity index (χ3v) is 3.73. The van der Waals surface area contributed by atoms with E-state index in [-0.39, 0.29) is 11.8 Å². The number of nitrogens with zero attached hydrogens (tertiary/aromatic N) is 1. The third-order valence-electron chi connectivity index (χ3n) is 3.73. The van der Waals surface area contributed by atoms with E-state index in [2.05, 4.69) is 22.5 Å². The van der Waals surface area contributed by atoms with Gasteiger partial charge in [0.25, 0.3) is 0 Å². The Morgan fingerprint density at radius 3 is 2.57 bits per heavy atom. The van der Waals surface area contributed by atoms with E-state index in [1.54, 1.807) is 6.20 Å². The molecule has 1 fully saturated rings. The van der Waals surface area contributed by atoms with Crippen molar-refractivity contribution in [1.29, 1.82) is 0 Å². The summed E-state index contributed by atoms with van der Waals surface area (Å²) in [6.45, 7) is 2.82. The molecule has 1 amide bonds. The second kappa shape index (κ2) is 5.95. The minimum Gasteiger partial charge on any atom is -0.381 e. The monoisotopic (exact) mass is 281 g/mol. The summed E-state index contributed by atoms with van der Waals surface area (Å²) in [6.07, 6.45) is 5.73. The summed E-state index contributed by atoms with van der Waals surface area (Å²) in [7, 11) is 0. The molecule has 2 aromatic rings. The Balaban J connectivity index is 1.56. The van der Waals surface area contributed by atoms with Gasteiger partial charge >= 0.3 is 0 Å². The second-order valence-electron chi connectivity index (χ2n) is 5.50. The minimum absolute atomic E-state index is 0.140. The number of aromatic nitrogens is 1. The van der Waals surface area contributed by atoms with Crippen LogP contribution >= 0.6 is 0 Å². The van der Waals surface area contributed by atoms with E-state index in [1.807, 2.05) is 36.5 Å². The van der Waals surface area contributed by atoms with Crippen LogP contribution in [0.1, 0.15) is 24.0 Å². The van der Waals surface area contributed by atoms with Gasteiger partial charge in [-0.25, -0.2) is 0 Å². The fraction of sp³-hybridized carbons (Fsp3) is 0.294. The highest BCUT2D eigenvalue weighted by Crippen LogP contribution is 2.30. The number of aryl methyl sites for hydroxylation is 1. The molecule has 1 heterocycles. The molecule has 0 unspecified atom stereocenters. The van der Waals surface area contributed by atoms with Gasteiger partial charge in [0.1, 0.15) is 0 Å². The van der Waals surface area contributed by atoms with Gasteiger partial charge in [-0.2, -0.15) is 0 Å². The SMILES string of the molecule is Cc1ccncc1CNc1ccc(NC(=O)C2CC2)cc1. The molecule has 4 nitrogen and oxygen atoms in total. The van der Waals surface area contributed by atoms with Crippen LogP contribution in [0.25, 0.3) is 0 Å². The molecule has 0 radical (unpaired) electrons. The Morgan fingerprint density at radius 2 is 1.90 bits per heavy atom. The van der Waals surface area contributed by atoms with Crippen LogP contribution in [0.4, 0.5) is 11.4 Å². The molecule has 0 atom stereocenters. The van der Waals surface area contributed by atoms with E-state index in [4.69, 9.17) is 0 Å². The van der Waals surface area contributed by atoms with Gasteiger partial charge in [0, 0.05) is 36.2 Å². The molecule has 1 aromatic carbocycles. The summed E-state index contributed by atoms with van der Waals surface area (Å²) in [5, 5.41) is 6.30. The average Bonchev–Trinajstić information content (AvgIpc) is 3.33. The zero-order chi connectivity index (χ0) is 14.7. The van der Waals surface area contributed by atoms with Crippen LogP contribution in [-0.4, -0.2) is 10.9 Å². The molecule has 0 spiro atoms. The largest absolute Gasteiger partial charge is 0.381 e. The maximum atomic E-state index is 11.7. The number of hydrogen-bond acceptors (Lipinski definition) is 3. The van der Waals surface area contributed by atoms with Gasteiger partial charge in [0.2, 0.25) is 5.91 Å². The number of pyridine rings is 1. The van der Waals surface area contributed by atoms with E-state index in [1.165, 1.54) is 11.1 Å². The number of benzene rings is 1. The predicted octanol–water partition coefficient (Wildman–Crippen LogP) is 3.35. The van der Waals surface area contributed by atoms with Crippen molar-refractivity contribution in [2.24, 2.45) is 5.92 Å². The third kappa shape index (κ3) is 3.60. The smallest absolute Gasteiger partial charge is 0.227 e. The van der Waals surface area contributed by atoms with Crippen LogP contribution in [0, 0.1) is 12.8 Å². The quantitative estimate of drug-likeness (QED) is 0.883. The van der Waals surface area contributed by atoms with E-state index in [0.29, 0.717) is 0 Å². The van der Waals surface area contributed by atoms with E-state index in [0.717, 1.165) is 30.8 Å². The number of carbonyl (C=O) groups excluding carboxylic acids is 1. The van der Waals surface area contributed by atoms with Gasteiger partial charge in [-0.05, 0) is 61.2 Å². The lowest BCUT2D eigenvalue weighted by atomic mass is 10.1. The number of carbonyl (C=O) groups is 1. The second-order valence-corrected chi connectivity index (χ2v) is 5.50. The zero-order valence-electron chi connectivity index (χ0n) is 12.1. The van der Waals surface area contributed by atoms with Crippen molar-refractivity contribution < 1.29 is 4.79 Å². The molecule has 3 rings (SSSR count). The Kier molecular flexibility index (Phi) is 3.86. The first-order valence-electron chi connectivity index (χ1n) is 7.26. The molecule has 1 aromatic heterocycles. The first kappa shape index (κ1) is 13.6. The number of rotatable bonds is 5. The van der Waals surface area contributed by atoms with Gasteiger partial charge in [-0.15, -0.1) is 0 Å². The van der Waals surface area contributed by atoms with Gasteiger partial charge in [-0.1, -0.05) is 0 Å². The summed E-state index contributed by atoms with van der Waals surface area (Å²) in [5.41, 5.74) is 4.30. The fourth-order valence-electron chi connectivity index (χ4n) is 2.14. The van der Waals surface area contributed by atoms with Crippen LogP contribution in [0.5, 0.6) is 0 Å². The number of hydrogen-bond donors (Lipinski definition) is 2. The van der Waals surface area contributed by atoms with Gasteiger partial charge < -0.3 is 10.6 Å². The Morgan fingerprint density at radius 1 is 1.19 bits per heavy atom. The number of amides is 1. The van der Waals surface area contributed by atoms with Crippen molar-refractivity contribution >= 4 is 17.3 Å². The van der Waals surface area contributed by atoms with Crippen LogP contribution in [0.2, 0.25) is 0 Å². The Hall–Kier alpha value is -2.36.